The number of nitrogens with zero attached hydrogens (tertiary/aromatic N) is 3. The second-order valence-corrected chi connectivity index (χ2v) is 7.80. The van der Waals surface area contributed by atoms with Gasteiger partial charge in [0, 0.05) is 31.1 Å². The number of dihydropyridines is 1. The molecule has 3 heterocycles. The van der Waals surface area contributed by atoms with Gasteiger partial charge in [0.05, 0.1) is 5.69 Å². The molecule has 0 saturated carbocycles. The van der Waals surface area contributed by atoms with Gasteiger partial charge in [-0.05, 0) is 30.0 Å². The fourth-order valence-electron chi connectivity index (χ4n) is 3.40. The summed E-state index contributed by atoms with van der Waals surface area (Å²) in [5.74, 6) is -1.76. The SMILES string of the molecule is O=C1N=CC=CC1C(=O)Nc1nc(CCC(=O)N2CCc3ccccc3C2)cs1. The van der Waals surface area contributed by atoms with Gasteiger partial charge in [-0.2, -0.15) is 0 Å². The molecular formula is C21H20N4O3S. The van der Waals surface area contributed by atoms with E-state index in [0.29, 0.717) is 24.5 Å². The molecule has 2 aliphatic heterocycles. The number of carbonyl (C=O) groups is 3. The third-order valence-corrected chi connectivity index (χ3v) is 5.81. The van der Waals surface area contributed by atoms with Crippen LogP contribution in [0.3, 0.4) is 0 Å². The monoisotopic (exact) mass is 408 g/mol. The van der Waals surface area contributed by atoms with Crippen molar-refractivity contribution in [2.24, 2.45) is 10.9 Å². The molecule has 0 spiro atoms. The molecule has 8 heteroatoms. The predicted molar refractivity (Wildman–Crippen MR) is 111 cm³/mol. The smallest absolute Gasteiger partial charge is 0.262 e. The number of fused-ring (bicyclic) bond motifs is 1. The van der Waals surface area contributed by atoms with Crippen LogP contribution in [0.25, 0.3) is 0 Å². The highest BCUT2D eigenvalue weighted by Crippen LogP contribution is 2.21. The van der Waals surface area contributed by atoms with E-state index < -0.39 is 17.7 Å². The summed E-state index contributed by atoms with van der Waals surface area (Å²) in [5, 5.41) is 4.89. The van der Waals surface area contributed by atoms with Crippen molar-refractivity contribution in [1.29, 1.82) is 0 Å². The summed E-state index contributed by atoms with van der Waals surface area (Å²) < 4.78 is 0. The number of hydrogen-bond acceptors (Lipinski definition) is 5. The Bertz CT molecular complexity index is 1010. The molecule has 7 nitrogen and oxygen atoms in total. The van der Waals surface area contributed by atoms with Crippen LogP contribution in [0.4, 0.5) is 5.13 Å². The normalized spacial score (nSPS) is 17.9. The maximum Gasteiger partial charge on any atom is 0.262 e. The van der Waals surface area contributed by atoms with Crippen molar-refractivity contribution in [2.45, 2.75) is 25.8 Å². The van der Waals surface area contributed by atoms with E-state index in [1.54, 1.807) is 6.08 Å². The molecule has 0 aliphatic carbocycles. The third-order valence-electron chi connectivity index (χ3n) is 5.00. The number of benzene rings is 1. The van der Waals surface area contributed by atoms with Gasteiger partial charge in [0.2, 0.25) is 11.8 Å². The number of rotatable bonds is 5. The molecule has 4 rings (SSSR count). The number of thiazole rings is 1. The average Bonchev–Trinajstić information content (AvgIpc) is 3.19. The first-order valence-electron chi connectivity index (χ1n) is 9.44. The lowest BCUT2D eigenvalue weighted by Gasteiger charge is -2.28. The van der Waals surface area contributed by atoms with Gasteiger partial charge >= 0.3 is 0 Å². The van der Waals surface area contributed by atoms with Crippen LogP contribution < -0.4 is 5.32 Å². The fourth-order valence-corrected chi connectivity index (χ4v) is 4.15. The van der Waals surface area contributed by atoms with Gasteiger partial charge < -0.3 is 10.2 Å². The molecule has 0 radical (unpaired) electrons. The number of anilines is 1. The Balaban J connectivity index is 1.29. The van der Waals surface area contributed by atoms with E-state index >= 15 is 0 Å². The minimum absolute atomic E-state index is 0.105. The van der Waals surface area contributed by atoms with E-state index in [1.165, 1.54) is 34.8 Å². The van der Waals surface area contributed by atoms with E-state index in [1.807, 2.05) is 22.4 Å². The maximum atomic E-state index is 12.6. The first-order chi connectivity index (χ1) is 14.1. The van der Waals surface area contributed by atoms with E-state index in [4.69, 9.17) is 0 Å². The second-order valence-electron chi connectivity index (χ2n) is 6.95. The average molecular weight is 408 g/mol. The minimum Gasteiger partial charge on any atom is -0.338 e. The van der Waals surface area contributed by atoms with Gasteiger partial charge in [-0.1, -0.05) is 30.3 Å². The van der Waals surface area contributed by atoms with Crippen LogP contribution in [-0.2, 0) is 33.8 Å². The van der Waals surface area contributed by atoms with Crippen LogP contribution in [-0.4, -0.2) is 40.4 Å². The lowest BCUT2D eigenvalue weighted by Crippen LogP contribution is -2.36. The van der Waals surface area contributed by atoms with Crippen molar-refractivity contribution in [1.82, 2.24) is 9.88 Å². The molecule has 0 bridgehead atoms. The van der Waals surface area contributed by atoms with Crippen LogP contribution in [0.2, 0.25) is 0 Å². The number of hydrogen-bond donors (Lipinski definition) is 1. The van der Waals surface area contributed by atoms with E-state index in [0.717, 1.165) is 18.7 Å². The van der Waals surface area contributed by atoms with Gasteiger partial charge in [-0.15, -0.1) is 11.3 Å². The Morgan fingerprint density at radius 3 is 2.90 bits per heavy atom. The lowest BCUT2D eigenvalue weighted by molar-refractivity contribution is -0.132. The molecule has 3 amide bonds. The van der Waals surface area contributed by atoms with Crippen LogP contribution in [0.1, 0.15) is 23.2 Å². The Hall–Kier alpha value is -3.13. The number of nitrogens with one attached hydrogen (secondary N) is 1. The Labute approximate surface area is 172 Å². The number of aliphatic imine (C=N–C) groups is 1. The minimum atomic E-state index is -0.920. The zero-order chi connectivity index (χ0) is 20.2. The molecule has 1 unspecified atom stereocenters. The first-order valence-corrected chi connectivity index (χ1v) is 10.3. The van der Waals surface area contributed by atoms with Crippen LogP contribution >= 0.6 is 11.3 Å². The number of aryl methyl sites for hydroxylation is 1. The van der Waals surface area contributed by atoms with Crippen molar-refractivity contribution in [3.8, 4) is 0 Å². The Morgan fingerprint density at radius 1 is 1.24 bits per heavy atom. The third kappa shape index (κ3) is 4.48. The highest BCUT2D eigenvalue weighted by atomic mass is 32.1. The number of allylic oxidation sites excluding steroid dienone is 1. The summed E-state index contributed by atoms with van der Waals surface area (Å²) in [6, 6.07) is 8.22. The van der Waals surface area contributed by atoms with E-state index in [-0.39, 0.29) is 5.91 Å². The van der Waals surface area contributed by atoms with Crippen LogP contribution in [0.15, 0.2) is 46.8 Å². The second kappa shape index (κ2) is 8.48. The first kappa shape index (κ1) is 19.2. The van der Waals surface area contributed by atoms with Crippen LogP contribution in [0.5, 0.6) is 0 Å². The Kier molecular flexibility index (Phi) is 5.62. The summed E-state index contributed by atoms with van der Waals surface area (Å²) in [4.78, 5) is 46.3. The molecular weight excluding hydrogens is 388 g/mol. The molecule has 1 atom stereocenters. The molecule has 0 saturated heterocycles. The molecule has 0 fully saturated rings. The lowest BCUT2D eigenvalue weighted by atomic mass is 9.99. The highest BCUT2D eigenvalue weighted by Gasteiger charge is 2.25. The van der Waals surface area contributed by atoms with E-state index in [2.05, 4.69) is 27.4 Å². The van der Waals surface area contributed by atoms with Gasteiger partial charge in [0.15, 0.2) is 5.13 Å². The molecule has 1 aromatic heterocycles. The molecule has 148 valence electrons. The van der Waals surface area contributed by atoms with Crippen LogP contribution in [0, 0.1) is 5.92 Å². The predicted octanol–water partition coefficient (Wildman–Crippen LogP) is 2.38. The number of aromatic nitrogens is 1. The highest BCUT2D eigenvalue weighted by molar-refractivity contribution is 7.13. The summed E-state index contributed by atoms with van der Waals surface area (Å²) in [7, 11) is 0. The van der Waals surface area contributed by atoms with Gasteiger partial charge in [-0.25, -0.2) is 9.98 Å². The molecule has 29 heavy (non-hydrogen) atoms. The van der Waals surface area contributed by atoms with Crippen molar-refractivity contribution in [3.63, 3.8) is 0 Å². The molecule has 2 aliphatic rings. The molecule has 2 aromatic rings. The van der Waals surface area contributed by atoms with Crippen molar-refractivity contribution in [2.75, 3.05) is 11.9 Å². The number of amides is 3. The van der Waals surface area contributed by atoms with Gasteiger partial charge in [-0.3, -0.25) is 14.4 Å². The molecule has 1 aromatic carbocycles. The quantitative estimate of drug-likeness (QED) is 0.769. The Morgan fingerprint density at radius 2 is 2.07 bits per heavy atom. The summed E-state index contributed by atoms with van der Waals surface area (Å²) in [5.41, 5.74) is 3.27. The topological polar surface area (TPSA) is 91.7 Å². The summed E-state index contributed by atoms with van der Waals surface area (Å²) in [6.45, 7) is 1.39. The van der Waals surface area contributed by atoms with Crippen molar-refractivity contribution >= 4 is 40.4 Å². The standard InChI is InChI=1S/C21H20N4O3S/c26-18(25-11-9-14-4-1-2-5-15(14)12-25)8-7-16-13-29-21(23-16)24-20(28)17-6-3-10-22-19(17)27/h1-6,10,13,17H,7-9,11-12H2,(H,23,24,28). The fraction of sp³-hybridized carbons (Fsp3) is 0.286. The van der Waals surface area contributed by atoms with Crippen molar-refractivity contribution in [3.05, 3.63) is 58.6 Å². The number of carbonyl (C=O) groups excluding carboxylic acids is 3. The van der Waals surface area contributed by atoms with Crippen molar-refractivity contribution < 1.29 is 14.4 Å². The summed E-state index contributed by atoms with van der Waals surface area (Å²) in [6.07, 6.45) is 6.21. The largest absolute Gasteiger partial charge is 0.338 e. The maximum absolute atomic E-state index is 12.6. The zero-order valence-electron chi connectivity index (χ0n) is 15.7. The van der Waals surface area contributed by atoms with Gasteiger partial charge in [0.1, 0.15) is 5.92 Å². The van der Waals surface area contributed by atoms with Gasteiger partial charge in [0.25, 0.3) is 5.91 Å². The van der Waals surface area contributed by atoms with E-state index in [9.17, 15) is 14.4 Å². The molecule has 1 N–H and O–H groups in total. The summed E-state index contributed by atoms with van der Waals surface area (Å²) >= 11 is 1.28. The zero-order valence-corrected chi connectivity index (χ0v) is 16.5.